The highest BCUT2D eigenvalue weighted by atomic mass is 32.1. The van der Waals surface area contributed by atoms with Gasteiger partial charge in [0.15, 0.2) is 0 Å². The number of methoxy groups -OCH3 is 1. The molecule has 2 rings (SSSR count). The molecule has 1 aliphatic carbocycles. The summed E-state index contributed by atoms with van der Waals surface area (Å²) in [5.74, 6) is -0.476. The first kappa shape index (κ1) is 15.8. The van der Waals surface area contributed by atoms with Crippen molar-refractivity contribution in [1.29, 1.82) is 0 Å². The van der Waals surface area contributed by atoms with Crippen LogP contribution in [0.1, 0.15) is 36.1 Å². The average molecular weight is 307 g/mol. The van der Waals surface area contributed by atoms with Gasteiger partial charge in [0.25, 0.3) is 0 Å². The Balaban J connectivity index is 2.08. The number of hydrogen-bond acceptors (Lipinski definition) is 4. The fraction of sp³-hybridized carbons (Fsp3) is 0.500. The number of amides is 1. The first-order chi connectivity index (χ1) is 10.1. The normalized spacial score (nSPS) is 15.5. The Hall–Kier alpha value is -1.62. The molecule has 0 bridgehead atoms. The van der Waals surface area contributed by atoms with Gasteiger partial charge in [0.05, 0.1) is 7.11 Å². The number of esters is 1. The lowest BCUT2D eigenvalue weighted by molar-refractivity contribution is -0.146. The molecule has 0 spiro atoms. The molecule has 1 aromatic rings. The molecule has 1 fully saturated rings. The van der Waals surface area contributed by atoms with Gasteiger partial charge in [-0.3, -0.25) is 9.59 Å². The lowest BCUT2D eigenvalue weighted by Crippen LogP contribution is -2.41. The van der Waals surface area contributed by atoms with Gasteiger partial charge in [0, 0.05) is 17.0 Å². The number of hydrogen-bond donors (Lipinski definition) is 0. The van der Waals surface area contributed by atoms with Crippen LogP contribution in [-0.2, 0) is 14.3 Å². The van der Waals surface area contributed by atoms with E-state index in [9.17, 15) is 9.59 Å². The second-order valence-electron chi connectivity index (χ2n) is 5.28. The first-order valence-corrected chi connectivity index (χ1v) is 8.09. The quantitative estimate of drug-likeness (QED) is 0.620. The van der Waals surface area contributed by atoms with Crippen LogP contribution >= 0.6 is 11.3 Å². The van der Waals surface area contributed by atoms with Gasteiger partial charge in [-0.05, 0) is 42.9 Å². The standard InChI is InChI=1S/C16H21NO3S/c1-12-9-10-21-14(12)7-8-15(18)17(11-16(19)20-2)13-5-3-4-6-13/h7-10,13H,3-6,11H2,1-2H3/b8-7+. The van der Waals surface area contributed by atoms with Crippen LogP contribution in [0.2, 0.25) is 0 Å². The minimum absolute atomic E-state index is 0.0355. The van der Waals surface area contributed by atoms with Gasteiger partial charge >= 0.3 is 5.97 Å². The molecule has 0 N–H and O–H groups in total. The third-order valence-electron chi connectivity index (χ3n) is 3.85. The van der Waals surface area contributed by atoms with E-state index in [0.717, 1.165) is 36.1 Å². The smallest absolute Gasteiger partial charge is 0.325 e. The second kappa shape index (κ2) is 7.41. The number of carbonyl (C=O) groups is 2. The van der Waals surface area contributed by atoms with E-state index in [1.807, 2.05) is 24.4 Å². The molecule has 1 aliphatic rings. The predicted octanol–water partition coefficient (Wildman–Crippen LogP) is 3.01. The molecule has 21 heavy (non-hydrogen) atoms. The lowest BCUT2D eigenvalue weighted by Gasteiger charge is -2.26. The Morgan fingerprint density at radius 2 is 2.14 bits per heavy atom. The minimum atomic E-state index is -0.365. The van der Waals surface area contributed by atoms with Gasteiger partial charge in [-0.2, -0.15) is 0 Å². The Morgan fingerprint density at radius 3 is 2.71 bits per heavy atom. The molecular formula is C16H21NO3S. The first-order valence-electron chi connectivity index (χ1n) is 7.21. The molecule has 1 amide bonds. The third-order valence-corrected chi connectivity index (χ3v) is 4.84. The molecule has 114 valence electrons. The summed E-state index contributed by atoms with van der Waals surface area (Å²) in [6, 6.07) is 2.18. The number of thiophene rings is 1. The monoisotopic (exact) mass is 307 g/mol. The van der Waals surface area contributed by atoms with Gasteiger partial charge in [-0.1, -0.05) is 12.8 Å². The maximum atomic E-state index is 12.4. The van der Waals surface area contributed by atoms with Gasteiger partial charge in [-0.25, -0.2) is 0 Å². The van der Waals surface area contributed by atoms with Crippen LogP contribution in [0, 0.1) is 6.92 Å². The van der Waals surface area contributed by atoms with E-state index in [-0.39, 0.29) is 24.5 Å². The van der Waals surface area contributed by atoms with Crippen molar-refractivity contribution in [3.05, 3.63) is 28.0 Å². The number of aryl methyl sites for hydroxylation is 1. The van der Waals surface area contributed by atoms with Crippen molar-refractivity contribution in [2.75, 3.05) is 13.7 Å². The van der Waals surface area contributed by atoms with Crippen molar-refractivity contribution in [1.82, 2.24) is 4.90 Å². The maximum absolute atomic E-state index is 12.4. The summed E-state index contributed by atoms with van der Waals surface area (Å²) in [7, 11) is 1.35. The topological polar surface area (TPSA) is 46.6 Å². The molecule has 0 atom stereocenters. The van der Waals surface area contributed by atoms with Crippen LogP contribution in [0.25, 0.3) is 6.08 Å². The third kappa shape index (κ3) is 4.17. The largest absolute Gasteiger partial charge is 0.468 e. The highest BCUT2D eigenvalue weighted by Gasteiger charge is 2.27. The summed E-state index contributed by atoms with van der Waals surface area (Å²) >= 11 is 1.60. The van der Waals surface area contributed by atoms with Crippen molar-refractivity contribution in [3.63, 3.8) is 0 Å². The Kier molecular flexibility index (Phi) is 5.56. The van der Waals surface area contributed by atoms with Crippen molar-refractivity contribution in [3.8, 4) is 0 Å². The molecule has 0 saturated heterocycles. The number of ether oxygens (including phenoxy) is 1. The predicted molar refractivity (Wildman–Crippen MR) is 84.1 cm³/mol. The molecular weight excluding hydrogens is 286 g/mol. The molecule has 4 nitrogen and oxygen atoms in total. The molecule has 0 aromatic carbocycles. The van der Waals surface area contributed by atoms with Gasteiger partial charge in [-0.15, -0.1) is 11.3 Å². The van der Waals surface area contributed by atoms with E-state index in [4.69, 9.17) is 4.74 Å². The highest BCUT2D eigenvalue weighted by Crippen LogP contribution is 2.24. The summed E-state index contributed by atoms with van der Waals surface area (Å²) in [5.41, 5.74) is 1.16. The van der Waals surface area contributed by atoms with Gasteiger partial charge in [0.1, 0.15) is 6.54 Å². The van der Waals surface area contributed by atoms with Crippen molar-refractivity contribution in [2.45, 2.75) is 38.6 Å². The lowest BCUT2D eigenvalue weighted by atomic mass is 10.2. The summed E-state index contributed by atoms with van der Waals surface area (Å²) in [5, 5.41) is 2.00. The number of rotatable bonds is 5. The van der Waals surface area contributed by atoms with E-state index in [1.54, 1.807) is 22.3 Å². The Bertz CT molecular complexity index is 529. The zero-order chi connectivity index (χ0) is 15.2. The summed E-state index contributed by atoms with van der Waals surface area (Å²) in [6.07, 6.45) is 7.57. The maximum Gasteiger partial charge on any atom is 0.325 e. The molecule has 5 heteroatoms. The van der Waals surface area contributed by atoms with Crippen LogP contribution in [0.4, 0.5) is 0 Å². The molecule has 0 aliphatic heterocycles. The zero-order valence-electron chi connectivity index (χ0n) is 12.5. The highest BCUT2D eigenvalue weighted by molar-refractivity contribution is 7.11. The number of carbonyl (C=O) groups excluding carboxylic acids is 2. The molecule has 0 unspecified atom stereocenters. The van der Waals surface area contributed by atoms with Gasteiger partial charge in [0.2, 0.25) is 5.91 Å². The number of nitrogens with zero attached hydrogens (tertiary/aromatic N) is 1. The van der Waals surface area contributed by atoms with Crippen LogP contribution in [0.15, 0.2) is 17.5 Å². The van der Waals surface area contributed by atoms with E-state index < -0.39 is 0 Å². The van der Waals surface area contributed by atoms with Crippen LogP contribution in [0.3, 0.4) is 0 Å². The fourth-order valence-corrected chi connectivity index (χ4v) is 3.42. The Labute approximate surface area is 129 Å². The van der Waals surface area contributed by atoms with Crippen LogP contribution in [-0.4, -0.2) is 36.5 Å². The molecule has 0 radical (unpaired) electrons. The summed E-state index contributed by atoms with van der Waals surface area (Å²) in [4.78, 5) is 26.7. The van der Waals surface area contributed by atoms with Crippen molar-refractivity contribution in [2.24, 2.45) is 0 Å². The van der Waals surface area contributed by atoms with E-state index in [1.165, 1.54) is 7.11 Å². The average Bonchev–Trinajstić information content (AvgIpc) is 3.13. The van der Waals surface area contributed by atoms with E-state index in [2.05, 4.69) is 0 Å². The molecule has 1 saturated carbocycles. The Morgan fingerprint density at radius 1 is 1.43 bits per heavy atom. The molecule has 1 heterocycles. The van der Waals surface area contributed by atoms with Crippen LogP contribution in [0.5, 0.6) is 0 Å². The fourth-order valence-electron chi connectivity index (χ4n) is 2.60. The summed E-state index contributed by atoms with van der Waals surface area (Å²) < 4.78 is 4.71. The van der Waals surface area contributed by atoms with Crippen LogP contribution < -0.4 is 0 Å². The van der Waals surface area contributed by atoms with Gasteiger partial charge < -0.3 is 9.64 Å². The summed E-state index contributed by atoms with van der Waals surface area (Å²) in [6.45, 7) is 2.05. The van der Waals surface area contributed by atoms with E-state index in [0.29, 0.717) is 0 Å². The second-order valence-corrected chi connectivity index (χ2v) is 6.23. The van der Waals surface area contributed by atoms with Crippen molar-refractivity contribution >= 4 is 29.3 Å². The van der Waals surface area contributed by atoms with Crippen molar-refractivity contribution < 1.29 is 14.3 Å². The SMILES string of the molecule is COC(=O)CN(C(=O)/C=C/c1sccc1C)C1CCCC1. The van der Waals surface area contributed by atoms with E-state index >= 15 is 0 Å². The minimum Gasteiger partial charge on any atom is -0.468 e. The zero-order valence-corrected chi connectivity index (χ0v) is 13.3. The molecule has 1 aromatic heterocycles.